The summed E-state index contributed by atoms with van der Waals surface area (Å²) in [6, 6.07) is 18.4. The number of benzene rings is 3. The van der Waals surface area contributed by atoms with Crippen LogP contribution in [0.25, 0.3) is 33.4 Å². The van der Waals surface area contributed by atoms with Crippen molar-refractivity contribution in [3.63, 3.8) is 0 Å². The number of hydrogen-bond acceptors (Lipinski definition) is 7. The first-order chi connectivity index (χ1) is 18.7. The molecule has 0 bridgehead atoms. The zero-order chi connectivity index (χ0) is 27.7. The molecule has 2 heterocycles. The van der Waals surface area contributed by atoms with E-state index in [2.05, 4.69) is 22.5 Å². The Bertz CT molecular complexity index is 1700. The van der Waals surface area contributed by atoms with Gasteiger partial charge in [0.25, 0.3) is 0 Å². The fourth-order valence-electron chi connectivity index (χ4n) is 4.80. The van der Waals surface area contributed by atoms with Crippen molar-refractivity contribution in [1.29, 1.82) is 0 Å². The molecule has 5 rings (SSSR count). The summed E-state index contributed by atoms with van der Waals surface area (Å²) in [7, 11) is 0. The molecule has 1 aromatic heterocycles. The molecule has 0 radical (unpaired) electrons. The van der Waals surface area contributed by atoms with Gasteiger partial charge in [0, 0.05) is 65.3 Å². The standard InChI is InChI=1S/C30H25ClN2O5S/c1-17(39)14-33(16-19-6-4-5-9-32-19)15-18-10-22-27(12-25(18)34)38-28-13-26(35)24(31)11-23(28)29(22)20-7-2-3-8-21(20)30(36)37/h2-13,17,34,39H,14-16H2,1H3,(H,36,37). The highest BCUT2D eigenvalue weighted by atomic mass is 35.5. The second-order valence-corrected chi connectivity index (χ2v) is 10.7. The van der Waals surface area contributed by atoms with Crippen molar-refractivity contribution in [2.24, 2.45) is 0 Å². The molecule has 0 amide bonds. The highest BCUT2D eigenvalue weighted by Gasteiger charge is 2.24. The number of aromatic nitrogens is 1. The van der Waals surface area contributed by atoms with Crippen molar-refractivity contribution >= 4 is 41.2 Å². The molecule has 3 aromatic rings. The van der Waals surface area contributed by atoms with Gasteiger partial charge in [-0.2, -0.15) is 12.6 Å². The van der Waals surface area contributed by atoms with Crippen LogP contribution in [0.3, 0.4) is 0 Å². The Morgan fingerprint density at radius 2 is 1.85 bits per heavy atom. The number of rotatable bonds is 8. The van der Waals surface area contributed by atoms with Gasteiger partial charge in [-0.15, -0.1) is 0 Å². The van der Waals surface area contributed by atoms with Crippen LogP contribution in [0.5, 0.6) is 5.75 Å². The number of fused-ring (bicyclic) bond motifs is 2. The van der Waals surface area contributed by atoms with Gasteiger partial charge in [-0.25, -0.2) is 4.79 Å². The summed E-state index contributed by atoms with van der Waals surface area (Å²) in [6.07, 6.45) is 1.74. The minimum Gasteiger partial charge on any atom is -0.507 e. The van der Waals surface area contributed by atoms with E-state index in [1.54, 1.807) is 30.5 Å². The number of carboxylic acid groups (broad SMARTS) is 1. The van der Waals surface area contributed by atoms with Crippen molar-refractivity contribution in [1.82, 2.24) is 9.88 Å². The summed E-state index contributed by atoms with van der Waals surface area (Å²) in [5.74, 6) is -0.848. The average molecular weight is 561 g/mol. The molecule has 0 saturated carbocycles. The zero-order valence-corrected chi connectivity index (χ0v) is 22.6. The fourth-order valence-corrected chi connectivity index (χ4v) is 5.19. The Morgan fingerprint density at radius 3 is 2.56 bits per heavy atom. The molecular weight excluding hydrogens is 536 g/mol. The Balaban J connectivity index is 1.73. The molecule has 2 N–H and O–H groups in total. The summed E-state index contributed by atoms with van der Waals surface area (Å²) in [4.78, 5) is 31.1. The van der Waals surface area contributed by atoms with Gasteiger partial charge in [0.1, 0.15) is 17.1 Å². The molecule has 9 heteroatoms. The van der Waals surface area contributed by atoms with Crippen molar-refractivity contribution < 1.29 is 19.4 Å². The highest BCUT2D eigenvalue weighted by molar-refractivity contribution is 7.80. The number of carboxylic acids is 1. The maximum absolute atomic E-state index is 12.3. The molecule has 1 aliphatic heterocycles. The van der Waals surface area contributed by atoms with Crippen LogP contribution >= 0.6 is 24.2 Å². The fraction of sp³-hybridized carbons (Fsp3) is 0.167. The smallest absolute Gasteiger partial charge is 0.336 e. The molecule has 0 saturated heterocycles. The van der Waals surface area contributed by atoms with Gasteiger partial charge in [-0.05, 0) is 35.9 Å². The monoisotopic (exact) mass is 560 g/mol. The van der Waals surface area contributed by atoms with Gasteiger partial charge in [-0.1, -0.05) is 42.8 Å². The number of hydrogen-bond donors (Lipinski definition) is 3. The molecule has 1 aliphatic carbocycles. The van der Waals surface area contributed by atoms with Gasteiger partial charge < -0.3 is 14.6 Å². The Labute approximate surface area is 235 Å². The predicted molar refractivity (Wildman–Crippen MR) is 155 cm³/mol. The minimum absolute atomic E-state index is 0.00518. The van der Waals surface area contributed by atoms with Gasteiger partial charge in [0.15, 0.2) is 0 Å². The molecule has 7 nitrogen and oxygen atoms in total. The summed E-state index contributed by atoms with van der Waals surface area (Å²) < 4.78 is 6.04. The molecule has 39 heavy (non-hydrogen) atoms. The van der Waals surface area contributed by atoms with E-state index in [9.17, 15) is 19.8 Å². The van der Waals surface area contributed by atoms with E-state index in [1.165, 1.54) is 24.3 Å². The molecule has 1 unspecified atom stereocenters. The molecular formula is C30H25ClN2O5S. The number of nitrogens with zero attached hydrogens (tertiary/aromatic N) is 2. The number of thiol groups is 1. The van der Waals surface area contributed by atoms with Crippen molar-refractivity contribution in [2.75, 3.05) is 6.54 Å². The number of halogens is 1. The minimum atomic E-state index is -1.09. The average Bonchev–Trinajstić information content (AvgIpc) is 2.89. The molecule has 1 atom stereocenters. The molecule has 0 spiro atoms. The third kappa shape index (κ3) is 5.63. The van der Waals surface area contributed by atoms with E-state index in [-0.39, 0.29) is 27.3 Å². The van der Waals surface area contributed by atoms with E-state index in [1.807, 2.05) is 25.1 Å². The Hall–Kier alpha value is -3.85. The number of carbonyl (C=O) groups is 1. The number of phenols is 1. The number of pyridine rings is 1. The summed E-state index contributed by atoms with van der Waals surface area (Å²) in [5, 5.41) is 21.6. The first-order valence-electron chi connectivity index (χ1n) is 12.3. The quantitative estimate of drug-likeness (QED) is 0.150. The lowest BCUT2D eigenvalue weighted by Crippen LogP contribution is -2.28. The van der Waals surface area contributed by atoms with Crippen LogP contribution in [0, 0.1) is 0 Å². The largest absolute Gasteiger partial charge is 0.507 e. The van der Waals surface area contributed by atoms with Gasteiger partial charge >= 0.3 is 5.97 Å². The SMILES string of the molecule is CC(S)CN(Cc1ccccn1)Cc1cc2c(-c3ccccc3C(=O)O)c3cc(Cl)c(=O)cc-3oc2cc1O. The molecule has 198 valence electrons. The third-order valence-corrected chi connectivity index (χ3v) is 6.89. The Kier molecular flexibility index (Phi) is 7.61. The van der Waals surface area contributed by atoms with Crippen molar-refractivity contribution in [2.45, 2.75) is 25.3 Å². The van der Waals surface area contributed by atoms with E-state index < -0.39 is 11.4 Å². The van der Waals surface area contributed by atoms with Crippen LogP contribution in [0.4, 0.5) is 0 Å². The maximum atomic E-state index is 12.3. The lowest BCUT2D eigenvalue weighted by atomic mass is 9.90. The third-order valence-electron chi connectivity index (χ3n) is 6.43. The second-order valence-electron chi connectivity index (χ2n) is 9.42. The lowest BCUT2D eigenvalue weighted by molar-refractivity contribution is 0.0697. The summed E-state index contributed by atoms with van der Waals surface area (Å²) in [5.41, 5.74) is 2.95. The van der Waals surface area contributed by atoms with E-state index >= 15 is 0 Å². The van der Waals surface area contributed by atoms with Gasteiger partial charge in [-0.3, -0.25) is 14.7 Å². The van der Waals surface area contributed by atoms with Gasteiger partial charge in [0.2, 0.25) is 5.43 Å². The summed E-state index contributed by atoms with van der Waals surface area (Å²) in [6.45, 7) is 3.55. The number of phenolic OH excluding ortho intramolecular Hbond substituents is 1. The topological polar surface area (TPSA) is 104 Å². The first-order valence-corrected chi connectivity index (χ1v) is 13.2. The van der Waals surface area contributed by atoms with E-state index in [0.29, 0.717) is 52.9 Å². The molecule has 2 aromatic carbocycles. The first kappa shape index (κ1) is 26.7. The lowest BCUT2D eigenvalue weighted by Gasteiger charge is -2.25. The van der Waals surface area contributed by atoms with Crippen molar-refractivity contribution in [3.05, 3.63) is 105 Å². The van der Waals surface area contributed by atoms with Crippen LogP contribution in [-0.4, -0.2) is 37.9 Å². The van der Waals surface area contributed by atoms with Crippen LogP contribution in [-0.2, 0) is 13.1 Å². The Morgan fingerprint density at radius 1 is 1.08 bits per heavy atom. The number of aromatic hydroxyl groups is 1. The van der Waals surface area contributed by atoms with Crippen molar-refractivity contribution in [3.8, 4) is 28.2 Å². The molecule has 0 fully saturated rings. The van der Waals surface area contributed by atoms with E-state index in [4.69, 9.17) is 16.0 Å². The highest BCUT2D eigenvalue weighted by Crippen LogP contribution is 2.43. The molecule has 2 aliphatic rings. The maximum Gasteiger partial charge on any atom is 0.336 e. The number of aromatic carboxylic acids is 1. The zero-order valence-electron chi connectivity index (χ0n) is 21.0. The van der Waals surface area contributed by atoms with Crippen LogP contribution < -0.4 is 5.43 Å². The second kappa shape index (κ2) is 11.1. The van der Waals surface area contributed by atoms with Crippen LogP contribution in [0.15, 0.2) is 82.1 Å². The van der Waals surface area contributed by atoms with Gasteiger partial charge in [0.05, 0.1) is 16.3 Å². The summed E-state index contributed by atoms with van der Waals surface area (Å²) >= 11 is 10.8. The predicted octanol–water partition coefficient (Wildman–Crippen LogP) is 6.34. The van der Waals surface area contributed by atoms with Crippen LogP contribution in [0.1, 0.15) is 28.5 Å². The van der Waals surface area contributed by atoms with Crippen LogP contribution in [0.2, 0.25) is 5.02 Å². The van der Waals surface area contributed by atoms with E-state index in [0.717, 1.165) is 5.69 Å². The normalized spacial score (nSPS) is 12.3.